The van der Waals surface area contributed by atoms with Crippen molar-refractivity contribution in [1.29, 1.82) is 5.26 Å². The number of amides is 2. The van der Waals surface area contributed by atoms with Crippen LogP contribution in [0.5, 0.6) is 0 Å². The van der Waals surface area contributed by atoms with E-state index in [4.69, 9.17) is 11.6 Å². The molecular weight excluding hydrogens is 508 g/mol. The van der Waals surface area contributed by atoms with E-state index in [2.05, 4.69) is 42.7 Å². The molecule has 1 aliphatic rings. The first-order valence-electron chi connectivity index (χ1n) is 10.4. The maximum atomic E-state index is 13.3. The molecule has 4 rings (SSSR count). The van der Waals surface area contributed by atoms with Crippen LogP contribution in [0.4, 0.5) is 5.69 Å². The van der Waals surface area contributed by atoms with Gasteiger partial charge in [0, 0.05) is 18.8 Å². The second-order valence-corrected chi connectivity index (χ2v) is 9.06. The Labute approximate surface area is 204 Å². The van der Waals surface area contributed by atoms with Gasteiger partial charge in [0.2, 0.25) is 0 Å². The zero-order valence-corrected chi connectivity index (χ0v) is 20.1. The first-order chi connectivity index (χ1) is 15.9. The Kier molecular flexibility index (Phi) is 6.77. The molecule has 2 aromatic heterocycles. The van der Waals surface area contributed by atoms with E-state index in [1.807, 2.05) is 0 Å². The molecule has 33 heavy (non-hydrogen) atoms. The summed E-state index contributed by atoms with van der Waals surface area (Å²) >= 11 is 9.54. The SMILES string of the molecule is Cc1cc(C#N)cc(C(=O)NCCC2CC2)c1NC(=O)c1cc(Br)nn1-c1ncccc1Cl. The molecule has 168 valence electrons. The Hall–Kier alpha value is -3.22. The molecule has 2 amide bonds. The zero-order valence-electron chi connectivity index (χ0n) is 17.7. The van der Waals surface area contributed by atoms with E-state index in [1.165, 1.54) is 29.7 Å². The molecule has 2 N–H and O–H groups in total. The molecule has 0 saturated heterocycles. The number of hydrogen-bond donors (Lipinski definition) is 2. The molecule has 0 bridgehead atoms. The van der Waals surface area contributed by atoms with Gasteiger partial charge >= 0.3 is 0 Å². The lowest BCUT2D eigenvalue weighted by Crippen LogP contribution is -2.27. The molecule has 0 aliphatic heterocycles. The monoisotopic (exact) mass is 526 g/mol. The highest BCUT2D eigenvalue weighted by Gasteiger charge is 2.24. The minimum absolute atomic E-state index is 0.173. The number of aromatic nitrogens is 3. The third kappa shape index (κ3) is 5.24. The van der Waals surface area contributed by atoms with Crippen molar-refractivity contribution in [2.24, 2.45) is 5.92 Å². The minimum Gasteiger partial charge on any atom is -0.352 e. The van der Waals surface area contributed by atoms with Gasteiger partial charge in [-0.1, -0.05) is 24.4 Å². The molecule has 0 spiro atoms. The van der Waals surface area contributed by atoms with Gasteiger partial charge in [-0.15, -0.1) is 0 Å². The number of carbonyl (C=O) groups is 2. The molecule has 10 heteroatoms. The molecule has 3 aromatic rings. The van der Waals surface area contributed by atoms with Gasteiger partial charge in [0.15, 0.2) is 5.82 Å². The van der Waals surface area contributed by atoms with Gasteiger partial charge in [-0.2, -0.15) is 10.4 Å². The first-order valence-corrected chi connectivity index (χ1v) is 11.5. The fourth-order valence-electron chi connectivity index (χ4n) is 3.47. The van der Waals surface area contributed by atoms with Crippen molar-refractivity contribution in [3.63, 3.8) is 0 Å². The predicted molar refractivity (Wildman–Crippen MR) is 128 cm³/mol. The number of pyridine rings is 1. The summed E-state index contributed by atoms with van der Waals surface area (Å²) < 4.78 is 1.75. The van der Waals surface area contributed by atoms with Crippen LogP contribution in [-0.4, -0.2) is 33.1 Å². The zero-order chi connectivity index (χ0) is 23.5. The van der Waals surface area contributed by atoms with Crippen LogP contribution in [0, 0.1) is 24.2 Å². The molecule has 1 aliphatic carbocycles. The average molecular weight is 528 g/mol. The van der Waals surface area contributed by atoms with Gasteiger partial charge in [0.1, 0.15) is 10.3 Å². The van der Waals surface area contributed by atoms with Crippen molar-refractivity contribution in [3.05, 3.63) is 68.5 Å². The fraction of sp³-hybridized carbons (Fsp3) is 0.261. The van der Waals surface area contributed by atoms with Crippen LogP contribution in [0.1, 0.15) is 51.2 Å². The third-order valence-electron chi connectivity index (χ3n) is 5.33. The van der Waals surface area contributed by atoms with Gasteiger partial charge in [0.05, 0.1) is 27.9 Å². The summed E-state index contributed by atoms with van der Waals surface area (Å²) in [6.07, 6.45) is 4.86. The maximum Gasteiger partial charge on any atom is 0.274 e. The molecule has 8 nitrogen and oxygen atoms in total. The number of nitrogens with zero attached hydrogens (tertiary/aromatic N) is 4. The van der Waals surface area contributed by atoms with E-state index in [9.17, 15) is 14.9 Å². The highest BCUT2D eigenvalue weighted by atomic mass is 79.9. The number of anilines is 1. The molecule has 0 radical (unpaired) electrons. The number of rotatable bonds is 7. The smallest absolute Gasteiger partial charge is 0.274 e. The van der Waals surface area contributed by atoms with Gasteiger partial charge in [-0.25, -0.2) is 9.67 Å². The second kappa shape index (κ2) is 9.73. The number of halogens is 2. The summed E-state index contributed by atoms with van der Waals surface area (Å²) in [6, 6.07) is 10.0. The molecular formula is C23H20BrClN6O2. The lowest BCUT2D eigenvalue weighted by atomic mass is 10.0. The molecule has 1 fully saturated rings. The number of hydrogen-bond acceptors (Lipinski definition) is 5. The van der Waals surface area contributed by atoms with Gasteiger partial charge in [-0.05, 0) is 65.0 Å². The molecule has 1 saturated carbocycles. The summed E-state index contributed by atoms with van der Waals surface area (Å²) in [5.74, 6) is 0.127. The van der Waals surface area contributed by atoms with Crippen LogP contribution in [-0.2, 0) is 0 Å². The molecule has 0 atom stereocenters. The van der Waals surface area contributed by atoms with Crippen molar-refractivity contribution >= 4 is 45.0 Å². The van der Waals surface area contributed by atoms with E-state index in [0.29, 0.717) is 44.7 Å². The number of nitriles is 1. The standard InChI is InChI=1S/C23H20BrClN6O2/c1-13-9-15(12-26)10-16(22(32)28-8-6-14-4-5-14)20(13)29-23(33)18-11-19(24)30-31(18)21-17(25)3-2-7-27-21/h2-3,7,9-11,14H,4-6,8H2,1H3,(H,28,32)(H,29,33). The Morgan fingerprint density at radius 1 is 1.30 bits per heavy atom. The van der Waals surface area contributed by atoms with Gasteiger partial charge in [0.25, 0.3) is 11.8 Å². The Balaban J connectivity index is 1.65. The minimum atomic E-state index is -0.505. The highest BCUT2D eigenvalue weighted by Crippen LogP contribution is 2.32. The number of nitrogens with one attached hydrogen (secondary N) is 2. The largest absolute Gasteiger partial charge is 0.352 e. The van der Waals surface area contributed by atoms with Crippen LogP contribution >= 0.6 is 27.5 Å². The Morgan fingerprint density at radius 2 is 2.09 bits per heavy atom. The van der Waals surface area contributed by atoms with Gasteiger partial charge in [-0.3, -0.25) is 9.59 Å². The van der Waals surface area contributed by atoms with Crippen molar-refractivity contribution < 1.29 is 9.59 Å². The summed E-state index contributed by atoms with van der Waals surface area (Å²) in [4.78, 5) is 30.4. The lowest BCUT2D eigenvalue weighted by molar-refractivity contribution is 0.0953. The van der Waals surface area contributed by atoms with Crippen LogP contribution in [0.2, 0.25) is 5.02 Å². The highest BCUT2D eigenvalue weighted by molar-refractivity contribution is 9.10. The molecule has 0 unspecified atom stereocenters. The van der Waals surface area contributed by atoms with E-state index in [0.717, 1.165) is 6.42 Å². The van der Waals surface area contributed by atoms with Crippen molar-refractivity contribution in [2.75, 3.05) is 11.9 Å². The lowest BCUT2D eigenvalue weighted by Gasteiger charge is -2.15. The summed E-state index contributed by atoms with van der Waals surface area (Å²) in [5.41, 5.74) is 1.67. The molecule has 2 heterocycles. The Morgan fingerprint density at radius 3 is 2.79 bits per heavy atom. The number of benzene rings is 1. The Bertz CT molecular complexity index is 1280. The third-order valence-corrected chi connectivity index (χ3v) is 6.02. The van der Waals surface area contributed by atoms with Crippen molar-refractivity contribution in [1.82, 2.24) is 20.1 Å². The van der Waals surface area contributed by atoms with E-state index < -0.39 is 5.91 Å². The summed E-state index contributed by atoms with van der Waals surface area (Å²) in [5, 5.41) is 19.7. The fourth-order valence-corrected chi connectivity index (χ4v) is 4.05. The average Bonchev–Trinajstić information content (AvgIpc) is 3.54. The van der Waals surface area contributed by atoms with Crippen LogP contribution in [0.25, 0.3) is 5.82 Å². The summed E-state index contributed by atoms with van der Waals surface area (Å²) in [6.45, 7) is 2.28. The normalized spacial score (nSPS) is 12.8. The number of carbonyl (C=O) groups excluding carboxylic acids is 2. The van der Waals surface area contributed by atoms with E-state index in [-0.39, 0.29) is 17.2 Å². The van der Waals surface area contributed by atoms with Crippen LogP contribution in [0.3, 0.4) is 0 Å². The maximum absolute atomic E-state index is 13.3. The van der Waals surface area contributed by atoms with Crippen molar-refractivity contribution in [2.45, 2.75) is 26.2 Å². The topological polar surface area (TPSA) is 113 Å². The van der Waals surface area contributed by atoms with Crippen LogP contribution < -0.4 is 10.6 Å². The summed E-state index contributed by atoms with van der Waals surface area (Å²) in [7, 11) is 0. The van der Waals surface area contributed by atoms with E-state index >= 15 is 0 Å². The quantitative estimate of drug-likeness (QED) is 0.465. The van der Waals surface area contributed by atoms with Crippen molar-refractivity contribution in [3.8, 4) is 11.9 Å². The van der Waals surface area contributed by atoms with E-state index in [1.54, 1.807) is 31.3 Å². The molecule has 1 aromatic carbocycles. The van der Waals surface area contributed by atoms with Crippen LogP contribution in [0.15, 0.2) is 41.1 Å². The second-order valence-electron chi connectivity index (χ2n) is 7.84. The predicted octanol–water partition coefficient (Wildman–Crippen LogP) is 4.65. The number of aryl methyl sites for hydroxylation is 1. The first kappa shape index (κ1) is 23.0. The van der Waals surface area contributed by atoms with Gasteiger partial charge < -0.3 is 10.6 Å².